The quantitative estimate of drug-likeness (QED) is 0.849. The minimum Gasteiger partial charge on any atom is -0.391 e. The summed E-state index contributed by atoms with van der Waals surface area (Å²) >= 11 is 6.84. The number of halogens is 2. The van der Waals surface area contributed by atoms with Crippen LogP contribution in [0.4, 0.5) is 0 Å². The number of nitrogens with two attached hydrogens (primary N) is 1. The molecule has 0 bridgehead atoms. The van der Waals surface area contributed by atoms with Gasteiger partial charge in [-0.2, -0.15) is 0 Å². The normalized spacial score (nSPS) is 14.8. The molecule has 0 fully saturated rings. The average Bonchev–Trinajstić information content (AvgIpc) is 2.28. The minimum atomic E-state index is -0.465. The summed E-state index contributed by atoms with van der Waals surface area (Å²) in [4.78, 5) is 0. The van der Waals surface area contributed by atoms with E-state index in [1.54, 1.807) is 0 Å². The van der Waals surface area contributed by atoms with Gasteiger partial charge in [-0.1, -0.05) is 25.8 Å². The lowest BCUT2D eigenvalue weighted by molar-refractivity contribution is 0.132. The van der Waals surface area contributed by atoms with Gasteiger partial charge in [0.25, 0.3) is 0 Å². The largest absolute Gasteiger partial charge is 0.391 e. The van der Waals surface area contributed by atoms with Gasteiger partial charge in [0.2, 0.25) is 0 Å². The molecule has 0 spiro atoms. The van der Waals surface area contributed by atoms with Crippen molar-refractivity contribution in [3.8, 4) is 0 Å². The molecule has 0 aliphatic heterocycles. The maximum atomic E-state index is 9.91. The molecule has 0 radical (unpaired) electrons. The first-order valence-corrected chi connectivity index (χ1v) is 7.03. The van der Waals surface area contributed by atoms with Crippen molar-refractivity contribution < 1.29 is 5.11 Å². The van der Waals surface area contributed by atoms with Gasteiger partial charge in [-0.3, -0.25) is 0 Å². The third-order valence-corrected chi connectivity index (χ3v) is 4.48. The van der Waals surface area contributed by atoms with E-state index in [-0.39, 0.29) is 6.04 Å². The fourth-order valence-corrected chi connectivity index (χ4v) is 2.18. The van der Waals surface area contributed by atoms with Gasteiger partial charge in [-0.15, -0.1) is 0 Å². The summed E-state index contributed by atoms with van der Waals surface area (Å²) in [7, 11) is 0. The zero-order valence-corrected chi connectivity index (χ0v) is 12.5. The predicted octanol–water partition coefficient (Wildman–Crippen LogP) is 3.76. The van der Waals surface area contributed by atoms with Crippen molar-refractivity contribution in [1.82, 2.24) is 0 Å². The zero-order valence-electron chi connectivity index (χ0n) is 9.29. The summed E-state index contributed by atoms with van der Waals surface area (Å²) in [6.07, 6.45) is 2.37. The second-order valence-electron chi connectivity index (χ2n) is 3.91. The van der Waals surface area contributed by atoms with Gasteiger partial charge < -0.3 is 10.8 Å². The third kappa shape index (κ3) is 3.84. The Bertz CT molecular complexity index is 344. The van der Waals surface area contributed by atoms with Crippen LogP contribution in [0, 0.1) is 0 Å². The van der Waals surface area contributed by atoms with Crippen molar-refractivity contribution >= 4 is 31.9 Å². The Morgan fingerprint density at radius 2 is 2.00 bits per heavy atom. The van der Waals surface area contributed by atoms with Gasteiger partial charge in [0.05, 0.1) is 12.1 Å². The Morgan fingerprint density at radius 1 is 1.31 bits per heavy atom. The fraction of sp³-hybridized carbons (Fsp3) is 0.500. The Labute approximate surface area is 113 Å². The standard InChI is InChI=1S/C12H17Br2NO/c1-2-3-4-11(16)12(15)8-5-6-9(13)10(14)7-8/h5-7,11-12,16H,2-4,15H2,1H3/t11-,12+/m0/s1. The smallest absolute Gasteiger partial charge is 0.0732 e. The number of hydrogen-bond donors (Lipinski definition) is 2. The number of aliphatic hydroxyl groups is 1. The highest BCUT2D eigenvalue weighted by Crippen LogP contribution is 2.27. The van der Waals surface area contributed by atoms with Gasteiger partial charge in [-0.25, -0.2) is 0 Å². The van der Waals surface area contributed by atoms with E-state index in [9.17, 15) is 5.11 Å². The van der Waals surface area contributed by atoms with Crippen LogP contribution in [0.1, 0.15) is 37.8 Å². The molecule has 0 saturated carbocycles. The molecule has 0 unspecified atom stereocenters. The molecule has 0 saturated heterocycles. The van der Waals surface area contributed by atoms with E-state index in [1.807, 2.05) is 18.2 Å². The number of unbranched alkanes of at least 4 members (excludes halogenated alkanes) is 1. The topological polar surface area (TPSA) is 46.2 Å². The molecule has 1 aromatic carbocycles. The summed E-state index contributed by atoms with van der Waals surface area (Å²) in [6.45, 7) is 2.11. The van der Waals surface area contributed by atoms with Crippen LogP contribution in [0.3, 0.4) is 0 Å². The van der Waals surface area contributed by atoms with E-state index in [0.717, 1.165) is 33.8 Å². The van der Waals surface area contributed by atoms with E-state index in [1.165, 1.54) is 0 Å². The number of aliphatic hydroxyl groups excluding tert-OH is 1. The van der Waals surface area contributed by atoms with Crippen LogP contribution >= 0.6 is 31.9 Å². The van der Waals surface area contributed by atoms with E-state index < -0.39 is 6.10 Å². The van der Waals surface area contributed by atoms with Crippen LogP contribution in [-0.2, 0) is 0 Å². The molecule has 16 heavy (non-hydrogen) atoms. The van der Waals surface area contributed by atoms with Crippen LogP contribution in [0.2, 0.25) is 0 Å². The van der Waals surface area contributed by atoms with Crippen molar-refractivity contribution in [2.75, 3.05) is 0 Å². The summed E-state index contributed by atoms with van der Waals surface area (Å²) in [5.74, 6) is 0. The highest BCUT2D eigenvalue weighted by atomic mass is 79.9. The van der Waals surface area contributed by atoms with Gasteiger partial charge in [-0.05, 0) is 56.0 Å². The molecule has 0 aliphatic rings. The average molecular weight is 351 g/mol. The summed E-state index contributed by atoms with van der Waals surface area (Å²) in [5.41, 5.74) is 6.97. The van der Waals surface area contributed by atoms with Crippen LogP contribution in [0.15, 0.2) is 27.1 Å². The molecule has 0 amide bonds. The van der Waals surface area contributed by atoms with Crippen LogP contribution in [-0.4, -0.2) is 11.2 Å². The monoisotopic (exact) mass is 349 g/mol. The van der Waals surface area contributed by atoms with E-state index in [4.69, 9.17) is 5.73 Å². The lowest BCUT2D eigenvalue weighted by Crippen LogP contribution is -2.26. The second kappa shape index (κ2) is 6.74. The lowest BCUT2D eigenvalue weighted by Gasteiger charge is -2.19. The zero-order chi connectivity index (χ0) is 12.1. The first-order chi connectivity index (χ1) is 7.56. The lowest BCUT2D eigenvalue weighted by atomic mass is 9.98. The molecule has 4 heteroatoms. The molecule has 0 heterocycles. The van der Waals surface area contributed by atoms with Crippen molar-refractivity contribution in [3.63, 3.8) is 0 Å². The summed E-state index contributed by atoms with van der Waals surface area (Å²) in [6, 6.07) is 5.51. The molecule has 0 aliphatic carbocycles. The van der Waals surface area contributed by atoms with Crippen LogP contribution in [0.5, 0.6) is 0 Å². The third-order valence-electron chi connectivity index (χ3n) is 2.60. The highest BCUT2D eigenvalue weighted by Gasteiger charge is 2.16. The maximum absolute atomic E-state index is 9.91. The van der Waals surface area contributed by atoms with Crippen molar-refractivity contribution in [1.29, 1.82) is 0 Å². The SMILES string of the molecule is CCCC[C@H](O)[C@H](N)c1ccc(Br)c(Br)c1. The van der Waals surface area contributed by atoms with Crippen LogP contribution < -0.4 is 5.73 Å². The molecule has 1 rings (SSSR count). The Hall–Kier alpha value is 0.1000. The first-order valence-electron chi connectivity index (χ1n) is 5.44. The van der Waals surface area contributed by atoms with E-state index in [0.29, 0.717) is 0 Å². The van der Waals surface area contributed by atoms with E-state index >= 15 is 0 Å². The number of benzene rings is 1. The van der Waals surface area contributed by atoms with Gasteiger partial charge >= 0.3 is 0 Å². The molecular formula is C12H17Br2NO. The van der Waals surface area contributed by atoms with Gasteiger partial charge in [0.1, 0.15) is 0 Å². The fourth-order valence-electron chi connectivity index (χ4n) is 1.53. The molecule has 1 aromatic rings. The number of hydrogen-bond acceptors (Lipinski definition) is 2. The molecule has 2 atom stereocenters. The molecule has 2 nitrogen and oxygen atoms in total. The molecular weight excluding hydrogens is 334 g/mol. The summed E-state index contributed by atoms with van der Waals surface area (Å²) < 4.78 is 1.95. The second-order valence-corrected chi connectivity index (χ2v) is 5.62. The van der Waals surface area contributed by atoms with Gasteiger partial charge in [0.15, 0.2) is 0 Å². The predicted molar refractivity (Wildman–Crippen MR) is 74.3 cm³/mol. The Kier molecular flexibility index (Phi) is 5.97. The van der Waals surface area contributed by atoms with E-state index in [2.05, 4.69) is 38.8 Å². The van der Waals surface area contributed by atoms with Gasteiger partial charge in [0, 0.05) is 8.95 Å². The highest BCUT2D eigenvalue weighted by molar-refractivity contribution is 9.13. The van der Waals surface area contributed by atoms with Crippen molar-refractivity contribution in [2.24, 2.45) is 5.73 Å². The summed E-state index contributed by atoms with van der Waals surface area (Å²) in [5, 5.41) is 9.91. The van der Waals surface area contributed by atoms with Crippen molar-refractivity contribution in [3.05, 3.63) is 32.7 Å². The first kappa shape index (κ1) is 14.2. The molecule has 90 valence electrons. The van der Waals surface area contributed by atoms with Crippen LogP contribution in [0.25, 0.3) is 0 Å². The maximum Gasteiger partial charge on any atom is 0.0732 e. The Balaban J connectivity index is 2.71. The van der Waals surface area contributed by atoms with Crippen molar-refractivity contribution in [2.45, 2.75) is 38.3 Å². The Morgan fingerprint density at radius 3 is 2.56 bits per heavy atom. The number of rotatable bonds is 5. The molecule has 3 N–H and O–H groups in total. The minimum absolute atomic E-state index is 0.309. The molecule has 0 aromatic heterocycles.